The number of benzene rings is 1. The summed E-state index contributed by atoms with van der Waals surface area (Å²) in [6.45, 7) is 8.09. The normalized spacial score (nSPS) is 15.7. The van der Waals surface area contributed by atoms with Crippen molar-refractivity contribution in [2.75, 3.05) is 33.2 Å². The van der Waals surface area contributed by atoms with Crippen LogP contribution in [0.4, 0.5) is 0 Å². The average molecular weight is 311 g/mol. The van der Waals surface area contributed by atoms with Crippen LogP contribution in [-0.2, 0) is 13.0 Å². The van der Waals surface area contributed by atoms with E-state index in [2.05, 4.69) is 71.2 Å². The maximum absolute atomic E-state index is 3.93. The number of rotatable bonds is 4. The summed E-state index contributed by atoms with van der Waals surface area (Å²) in [6.07, 6.45) is 6.06. The fourth-order valence-electron chi connectivity index (χ4n) is 2.69. The molecule has 3 heteroatoms. The van der Waals surface area contributed by atoms with Crippen molar-refractivity contribution in [3.8, 4) is 0 Å². The van der Waals surface area contributed by atoms with Gasteiger partial charge in [-0.25, -0.2) is 0 Å². The molecule has 0 aliphatic carbocycles. The number of aromatic nitrogens is 1. The number of hydrogen-bond donors (Lipinski definition) is 0. The second-order valence-electron chi connectivity index (χ2n) is 6.17. The Hall–Kier alpha value is -1.71. The van der Waals surface area contributed by atoms with Gasteiger partial charge in [-0.15, -0.1) is 0 Å². The Morgan fingerprint density at radius 3 is 2.13 bits per heavy atom. The predicted molar refractivity (Wildman–Crippen MR) is 97.4 cm³/mol. The van der Waals surface area contributed by atoms with Gasteiger partial charge in [0.25, 0.3) is 0 Å². The molecule has 2 heterocycles. The zero-order valence-electron chi connectivity index (χ0n) is 14.5. The molecule has 3 rings (SSSR count). The highest BCUT2D eigenvalue weighted by atomic mass is 15.2. The van der Waals surface area contributed by atoms with Gasteiger partial charge < -0.3 is 4.90 Å². The van der Waals surface area contributed by atoms with E-state index in [-0.39, 0.29) is 0 Å². The first kappa shape index (κ1) is 17.6. The van der Waals surface area contributed by atoms with E-state index in [9.17, 15) is 0 Å². The third kappa shape index (κ3) is 6.93. The van der Waals surface area contributed by atoms with Crippen LogP contribution in [0, 0.1) is 0 Å². The highest BCUT2D eigenvalue weighted by Crippen LogP contribution is 2.06. The second kappa shape index (κ2) is 10.1. The minimum Gasteiger partial charge on any atom is -0.304 e. The average Bonchev–Trinajstić information content (AvgIpc) is 2.60. The first-order chi connectivity index (χ1) is 11.3. The molecule has 0 saturated carbocycles. The van der Waals surface area contributed by atoms with E-state index in [1.807, 2.05) is 12.4 Å². The van der Waals surface area contributed by atoms with Gasteiger partial charge in [-0.1, -0.05) is 43.7 Å². The molecule has 1 aromatic heterocycles. The van der Waals surface area contributed by atoms with Crippen molar-refractivity contribution < 1.29 is 0 Å². The van der Waals surface area contributed by atoms with Gasteiger partial charge in [0, 0.05) is 45.1 Å². The third-order valence-corrected chi connectivity index (χ3v) is 4.13. The quantitative estimate of drug-likeness (QED) is 0.862. The van der Waals surface area contributed by atoms with E-state index in [1.54, 1.807) is 0 Å². The molecule has 0 amide bonds. The number of aryl methyl sites for hydroxylation is 1. The summed E-state index contributed by atoms with van der Waals surface area (Å²) < 4.78 is 0. The predicted octanol–water partition coefficient (Wildman–Crippen LogP) is 3.47. The number of likely N-dealkylation sites (N-methyl/N-ethyl adjacent to an activating group) is 1. The SMILES string of the molecule is CCCc1ccncc1.CN1CCN(Cc2ccccc2)CC1. The lowest BCUT2D eigenvalue weighted by Crippen LogP contribution is -2.43. The van der Waals surface area contributed by atoms with Crippen LogP contribution in [-0.4, -0.2) is 48.0 Å². The van der Waals surface area contributed by atoms with Crippen LogP contribution in [0.1, 0.15) is 24.5 Å². The summed E-state index contributed by atoms with van der Waals surface area (Å²) >= 11 is 0. The molecule has 0 bridgehead atoms. The van der Waals surface area contributed by atoms with Crippen LogP contribution in [0.25, 0.3) is 0 Å². The van der Waals surface area contributed by atoms with Gasteiger partial charge in [0.2, 0.25) is 0 Å². The van der Waals surface area contributed by atoms with E-state index in [4.69, 9.17) is 0 Å². The van der Waals surface area contributed by atoms with Gasteiger partial charge in [-0.3, -0.25) is 9.88 Å². The molecule has 0 spiro atoms. The molecule has 124 valence electrons. The Kier molecular flexibility index (Phi) is 7.78. The minimum atomic E-state index is 1.11. The molecule has 1 aliphatic rings. The van der Waals surface area contributed by atoms with Gasteiger partial charge in [0.15, 0.2) is 0 Å². The van der Waals surface area contributed by atoms with Gasteiger partial charge in [-0.05, 0) is 36.7 Å². The number of piperazine rings is 1. The molecule has 0 atom stereocenters. The Morgan fingerprint density at radius 2 is 1.52 bits per heavy atom. The standard InChI is InChI=1S/C12H18N2.C8H11N/c1-13-7-9-14(10-8-13)11-12-5-3-2-4-6-12;1-2-3-8-4-6-9-7-5-8/h2-6H,7-11H2,1H3;4-7H,2-3H2,1H3. The third-order valence-electron chi connectivity index (χ3n) is 4.13. The summed E-state index contributed by atoms with van der Waals surface area (Å²) in [5, 5.41) is 0. The van der Waals surface area contributed by atoms with Crippen molar-refractivity contribution >= 4 is 0 Å². The minimum absolute atomic E-state index is 1.11. The van der Waals surface area contributed by atoms with E-state index in [0.29, 0.717) is 0 Å². The fourth-order valence-corrected chi connectivity index (χ4v) is 2.69. The molecule has 3 nitrogen and oxygen atoms in total. The van der Waals surface area contributed by atoms with Crippen molar-refractivity contribution in [2.24, 2.45) is 0 Å². The van der Waals surface area contributed by atoms with Crippen LogP contribution in [0.2, 0.25) is 0 Å². The van der Waals surface area contributed by atoms with E-state index < -0.39 is 0 Å². The zero-order chi connectivity index (χ0) is 16.3. The van der Waals surface area contributed by atoms with E-state index >= 15 is 0 Å². The summed E-state index contributed by atoms with van der Waals surface area (Å²) in [4.78, 5) is 8.84. The van der Waals surface area contributed by atoms with Crippen molar-refractivity contribution in [2.45, 2.75) is 26.3 Å². The number of pyridine rings is 1. The molecule has 1 aromatic carbocycles. The van der Waals surface area contributed by atoms with Gasteiger partial charge >= 0.3 is 0 Å². The van der Waals surface area contributed by atoms with Crippen LogP contribution in [0.3, 0.4) is 0 Å². The molecule has 23 heavy (non-hydrogen) atoms. The number of hydrogen-bond acceptors (Lipinski definition) is 3. The zero-order valence-corrected chi connectivity index (χ0v) is 14.5. The molecule has 2 aromatic rings. The largest absolute Gasteiger partial charge is 0.304 e. The van der Waals surface area contributed by atoms with E-state index in [1.165, 1.54) is 50.1 Å². The summed E-state index contributed by atoms with van der Waals surface area (Å²) in [5.41, 5.74) is 2.81. The molecular formula is C20H29N3. The lowest BCUT2D eigenvalue weighted by molar-refractivity contribution is 0.148. The van der Waals surface area contributed by atoms with Crippen molar-refractivity contribution in [3.05, 3.63) is 66.0 Å². The molecule has 1 saturated heterocycles. The highest BCUT2D eigenvalue weighted by molar-refractivity contribution is 5.14. The maximum atomic E-state index is 3.93. The van der Waals surface area contributed by atoms with Crippen molar-refractivity contribution in [1.82, 2.24) is 14.8 Å². The lowest BCUT2D eigenvalue weighted by atomic mass is 10.2. The summed E-state index contributed by atoms with van der Waals surface area (Å²) in [5.74, 6) is 0. The fraction of sp³-hybridized carbons (Fsp3) is 0.450. The summed E-state index contributed by atoms with van der Waals surface area (Å²) in [6, 6.07) is 14.8. The van der Waals surface area contributed by atoms with Gasteiger partial charge in [0.05, 0.1) is 0 Å². The summed E-state index contributed by atoms with van der Waals surface area (Å²) in [7, 11) is 2.19. The second-order valence-corrected chi connectivity index (χ2v) is 6.17. The molecule has 0 unspecified atom stereocenters. The Morgan fingerprint density at radius 1 is 0.870 bits per heavy atom. The molecule has 0 N–H and O–H groups in total. The smallest absolute Gasteiger partial charge is 0.0270 e. The first-order valence-corrected chi connectivity index (χ1v) is 8.61. The van der Waals surface area contributed by atoms with Gasteiger partial charge in [0.1, 0.15) is 0 Å². The van der Waals surface area contributed by atoms with Crippen LogP contribution in [0.15, 0.2) is 54.9 Å². The topological polar surface area (TPSA) is 19.4 Å². The highest BCUT2D eigenvalue weighted by Gasteiger charge is 2.13. The van der Waals surface area contributed by atoms with Crippen LogP contribution >= 0.6 is 0 Å². The lowest BCUT2D eigenvalue weighted by Gasteiger charge is -2.32. The Bertz CT molecular complexity index is 519. The van der Waals surface area contributed by atoms with Crippen molar-refractivity contribution in [1.29, 1.82) is 0 Å². The molecular weight excluding hydrogens is 282 g/mol. The van der Waals surface area contributed by atoms with E-state index in [0.717, 1.165) is 6.54 Å². The van der Waals surface area contributed by atoms with Crippen molar-refractivity contribution in [3.63, 3.8) is 0 Å². The molecule has 1 fully saturated rings. The molecule has 1 aliphatic heterocycles. The molecule has 0 radical (unpaired) electrons. The monoisotopic (exact) mass is 311 g/mol. The Balaban J connectivity index is 0.000000185. The first-order valence-electron chi connectivity index (χ1n) is 8.61. The van der Waals surface area contributed by atoms with Gasteiger partial charge in [-0.2, -0.15) is 0 Å². The Labute approximate surface area is 141 Å². The van der Waals surface area contributed by atoms with Crippen LogP contribution < -0.4 is 0 Å². The number of nitrogens with zero attached hydrogens (tertiary/aromatic N) is 3. The van der Waals surface area contributed by atoms with Crippen LogP contribution in [0.5, 0.6) is 0 Å². The maximum Gasteiger partial charge on any atom is 0.0270 e.